The second kappa shape index (κ2) is 5.21. The summed E-state index contributed by atoms with van der Waals surface area (Å²) in [6.45, 7) is 0. The van der Waals surface area contributed by atoms with Crippen LogP contribution in [-0.4, -0.2) is 33.0 Å². The van der Waals surface area contributed by atoms with Gasteiger partial charge in [-0.1, -0.05) is 29.8 Å². The van der Waals surface area contributed by atoms with E-state index < -0.39 is 0 Å². The van der Waals surface area contributed by atoms with E-state index in [1.807, 2.05) is 42.5 Å². The first-order valence-electron chi connectivity index (χ1n) is 7.19. The van der Waals surface area contributed by atoms with Crippen molar-refractivity contribution in [3.8, 4) is 11.3 Å². The van der Waals surface area contributed by atoms with Gasteiger partial charge in [0.2, 0.25) is 0 Å². The van der Waals surface area contributed by atoms with Crippen LogP contribution >= 0.6 is 11.6 Å². The standard InChI is InChI=1S/C17H13ClN4O/c1-22-16(12-4-2-3-9-19-12)13-14(20-21-15(13)17(22)23)10-5-7-11(18)8-6-10/h2-9,16H,1H3,(H,20,21). The predicted molar refractivity (Wildman–Crippen MR) is 87.2 cm³/mol. The minimum atomic E-state index is -0.247. The molecule has 0 fully saturated rings. The lowest BCUT2D eigenvalue weighted by atomic mass is 9.99. The second-order valence-corrected chi connectivity index (χ2v) is 5.88. The molecule has 1 unspecified atom stereocenters. The summed E-state index contributed by atoms with van der Waals surface area (Å²) in [5, 5.41) is 7.89. The van der Waals surface area contributed by atoms with E-state index in [0.29, 0.717) is 10.7 Å². The molecule has 1 aromatic carbocycles. The third-order valence-corrected chi connectivity index (χ3v) is 4.34. The molecule has 1 aliphatic rings. The molecule has 1 amide bonds. The van der Waals surface area contributed by atoms with Crippen molar-refractivity contribution in [2.24, 2.45) is 0 Å². The number of rotatable bonds is 2. The fourth-order valence-corrected chi connectivity index (χ4v) is 3.10. The third kappa shape index (κ3) is 2.12. The van der Waals surface area contributed by atoms with Crippen molar-refractivity contribution < 1.29 is 4.79 Å². The molecule has 6 heteroatoms. The maximum Gasteiger partial charge on any atom is 0.272 e. The van der Waals surface area contributed by atoms with E-state index in [2.05, 4.69) is 15.2 Å². The summed E-state index contributed by atoms with van der Waals surface area (Å²) in [5.41, 5.74) is 3.87. The number of amides is 1. The minimum absolute atomic E-state index is 0.0802. The normalized spacial score (nSPS) is 16.7. The van der Waals surface area contributed by atoms with Gasteiger partial charge in [0.25, 0.3) is 5.91 Å². The summed E-state index contributed by atoms with van der Waals surface area (Å²) in [6, 6.07) is 12.9. The van der Waals surface area contributed by atoms with Crippen molar-refractivity contribution in [2.75, 3.05) is 7.05 Å². The predicted octanol–water partition coefficient (Wildman–Crippen LogP) is 3.30. The van der Waals surface area contributed by atoms with Crippen molar-refractivity contribution in [1.29, 1.82) is 0 Å². The zero-order valence-electron chi connectivity index (χ0n) is 12.3. The number of nitrogens with one attached hydrogen (secondary N) is 1. The Bertz CT molecular complexity index is 873. The van der Waals surface area contributed by atoms with Crippen LogP contribution in [-0.2, 0) is 0 Å². The molecule has 1 aliphatic heterocycles. The molecule has 3 aromatic rings. The highest BCUT2D eigenvalue weighted by Gasteiger charge is 2.40. The highest BCUT2D eigenvalue weighted by molar-refractivity contribution is 6.30. The van der Waals surface area contributed by atoms with Gasteiger partial charge in [-0.2, -0.15) is 5.10 Å². The maximum absolute atomic E-state index is 12.5. The summed E-state index contributed by atoms with van der Waals surface area (Å²) in [7, 11) is 1.78. The summed E-state index contributed by atoms with van der Waals surface area (Å²) in [4.78, 5) is 18.6. The van der Waals surface area contributed by atoms with Crippen LogP contribution in [0.5, 0.6) is 0 Å². The van der Waals surface area contributed by atoms with Crippen LogP contribution in [0.3, 0.4) is 0 Å². The molecule has 0 saturated heterocycles. The van der Waals surface area contributed by atoms with Crippen LogP contribution in [0.1, 0.15) is 27.8 Å². The molecule has 0 aliphatic carbocycles. The Morgan fingerprint density at radius 2 is 1.96 bits per heavy atom. The van der Waals surface area contributed by atoms with Crippen molar-refractivity contribution in [3.63, 3.8) is 0 Å². The molecule has 0 bridgehead atoms. The van der Waals surface area contributed by atoms with Crippen molar-refractivity contribution >= 4 is 17.5 Å². The molecule has 0 saturated carbocycles. The van der Waals surface area contributed by atoms with Gasteiger partial charge in [0.1, 0.15) is 11.7 Å². The van der Waals surface area contributed by atoms with E-state index >= 15 is 0 Å². The number of pyridine rings is 1. The fraction of sp³-hybridized carbons (Fsp3) is 0.118. The quantitative estimate of drug-likeness (QED) is 0.786. The van der Waals surface area contributed by atoms with Gasteiger partial charge >= 0.3 is 0 Å². The molecule has 1 N–H and O–H groups in total. The lowest BCUT2D eigenvalue weighted by Gasteiger charge is -2.20. The number of hydrogen-bond acceptors (Lipinski definition) is 3. The molecule has 5 nitrogen and oxygen atoms in total. The molecule has 2 aromatic heterocycles. The van der Waals surface area contributed by atoms with Crippen LogP contribution in [0.4, 0.5) is 0 Å². The number of H-pyrrole nitrogens is 1. The molecular formula is C17H13ClN4O. The number of halogens is 1. The Hall–Kier alpha value is -2.66. The fourth-order valence-electron chi connectivity index (χ4n) is 2.98. The van der Waals surface area contributed by atoms with Crippen LogP contribution < -0.4 is 0 Å². The molecule has 0 radical (unpaired) electrons. The number of carbonyl (C=O) groups excluding carboxylic acids is 1. The van der Waals surface area contributed by atoms with E-state index in [9.17, 15) is 4.79 Å². The Balaban J connectivity index is 1.90. The van der Waals surface area contributed by atoms with Gasteiger partial charge < -0.3 is 4.90 Å². The molecule has 114 valence electrons. The Kier molecular flexibility index (Phi) is 3.16. The van der Waals surface area contributed by atoms with Crippen molar-refractivity contribution in [3.05, 3.63) is 70.6 Å². The van der Waals surface area contributed by atoms with Crippen LogP contribution in [0.15, 0.2) is 48.7 Å². The molecule has 4 rings (SSSR count). The highest BCUT2D eigenvalue weighted by atomic mass is 35.5. The third-order valence-electron chi connectivity index (χ3n) is 4.08. The number of benzene rings is 1. The highest BCUT2D eigenvalue weighted by Crippen LogP contribution is 2.41. The summed E-state index contributed by atoms with van der Waals surface area (Å²) < 4.78 is 0. The van der Waals surface area contributed by atoms with Crippen LogP contribution in [0, 0.1) is 0 Å². The Morgan fingerprint density at radius 1 is 1.17 bits per heavy atom. The van der Waals surface area contributed by atoms with Gasteiger partial charge in [-0.05, 0) is 24.3 Å². The van der Waals surface area contributed by atoms with E-state index in [1.54, 1.807) is 18.1 Å². The van der Waals surface area contributed by atoms with Crippen LogP contribution in [0.2, 0.25) is 5.02 Å². The number of aromatic amines is 1. The number of hydrogen-bond donors (Lipinski definition) is 1. The smallest absolute Gasteiger partial charge is 0.272 e. The van der Waals surface area contributed by atoms with E-state index in [1.165, 1.54) is 0 Å². The molecule has 3 heterocycles. The van der Waals surface area contributed by atoms with Gasteiger partial charge in [-0.25, -0.2) is 0 Å². The number of nitrogens with zero attached hydrogens (tertiary/aromatic N) is 3. The zero-order chi connectivity index (χ0) is 16.0. The number of carbonyl (C=O) groups is 1. The average molecular weight is 325 g/mol. The first kappa shape index (κ1) is 14.0. The first-order chi connectivity index (χ1) is 11.2. The number of aromatic nitrogens is 3. The van der Waals surface area contributed by atoms with E-state index in [-0.39, 0.29) is 11.9 Å². The largest absolute Gasteiger partial charge is 0.327 e. The van der Waals surface area contributed by atoms with Gasteiger partial charge in [0, 0.05) is 29.4 Å². The summed E-state index contributed by atoms with van der Waals surface area (Å²) in [6.07, 6.45) is 1.73. The maximum atomic E-state index is 12.5. The summed E-state index contributed by atoms with van der Waals surface area (Å²) in [5.74, 6) is -0.0802. The van der Waals surface area contributed by atoms with Gasteiger partial charge in [0.15, 0.2) is 0 Å². The summed E-state index contributed by atoms with van der Waals surface area (Å²) >= 11 is 5.96. The SMILES string of the molecule is CN1C(=O)c2[nH]nc(-c3ccc(Cl)cc3)c2C1c1ccccn1. The van der Waals surface area contributed by atoms with E-state index in [0.717, 1.165) is 22.5 Å². The Morgan fingerprint density at radius 3 is 2.65 bits per heavy atom. The zero-order valence-corrected chi connectivity index (χ0v) is 13.1. The van der Waals surface area contributed by atoms with Crippen LogP contribution in [0.25, 0.3) is 11.3 Å². The van der Waals surface area contributed by atoms with Crippen molar-refractivity contribution in [2.45, 2.75) is 6.04 Å². The molecule has 1 atom stereocenters. The monoisotopic (exact) mass is 324 g/mol. The topological polar surface area (TPSA) is 61.9 Å². The Labute approximate surface area is 137 Å². The van der Waals surface area contributed by atoms with Gasteiger partial charge in [-0.3, -0.25) is 14.9 Å². The lowest BCUT2D eigenvalue weighted by molar-refractivity contribution is 0.0786. The lowest BCUT2D eigenvalue weighted by Crippen LogP contribution is -2.25. The minimum Gasteiger partial charge on any atom is -0.327 e. The molecule has 0 spiro atoms. The van der Waals surface area contributed by atoms with Crippen molar-refractivity contribution in [1.82, 2.24) is 20.1 Å². The average Bonchev–Trinajstić information content (AvgIpc) is 3.10. The molecule has 23 heavy (non-hydrogen) atoms. The van der Waals surface area contributed by atoms with Gasteiger partial charge in [0.05, 0.1) is 11.4 Å². The van der Waals surface area contributed by atoms with E-state index in [4.69, 9.17) is 11.6 Å². The molecular weight excluding hydrogens is 312 g/mol. The van der Waals surface area contributed by atoms with Gasteiger partial charge in [-0.15, -0.1) is 0 Å². The number of fused-ring (bicyclic) bond motifs is 1. The second-order valence-electron chi connectivity index (χ2n) is 5.44. The first-order valence-corrected chi connectivity index (χ1v) is 7.57.